The van der Waals surface area contributed by atoms with Gasteiger partial charge >= 0.3 is 0 Å². The smallest absolute Gasteiger partial charge is 0.194 e. The molecule has 1 aromatic rings. The monoisotopic (exact) mass is 364 g/mol. The molecule has 0 heterocycles. The van der Waals surface area contributed by atoms with Crippen molar-refractivity contribution >= 4 is 0 Å². The molecule has 0 aromatic heterocycles. The fourth-order valence-electron chi connectivity index (χ4n) is 5.23. The molecule has 0 saturated heterocycles. The second-order valence-corrected chi connectivity index (χ2v) is 8.41. The Morgan fingerprint density at radius 3 is 1.92 bits per heavy atom. The summed E-state index contributed by atoms with van der Waals surface area (Å²) in [7, 11) is 0. The summed E-state index contributed by atoms with van der Waals surface area (Å²) in [6.45, 7) is 3.80. The molecule has 1 aromatic carbocycles. The van der Waals surface area contributed by atoms with Gasteiger partial charge in [0.05, 0.1) is 0 Å². The van der Waals surface area contributed by atoms with Gasteiger partial charge in [-0.3, -0.25) is 0 Å². The highest BCUT2D eigenvalue weighted by atomic mass is 19.2. The Hall–Kier alpha value is -1.25. The van der Waals surface area contributed by atoms with Gasteiger partial charge in [-0.05, 0) is 92.7 Å². The van der Waals surface area contributed by atoms with Crippen LogP contribution in [0.15, 0.2) is 24.8 Å². The molecular weight excluding hydrogens is 333 g/mol. The quantitative estimate of drug-likeness (QED) is 0.278. The summed E-state index contributed by atoms with van der Waals surface area (Å²) in [6, 6.07) is 2.38. The Morgan fingerprint density at radius 2 is 1.38 bits per heavy atom. The number of hydrogen-bond donors (Lipinski definition) is 0. The van der Waals surface area contributed by atoms with Crippen LogP contribution in [0.2, 0.25) is 0 Å². The van der Waals surface area contributed by atoms with E-state index in [2.05, 4.69) is 6.58 Å². The minimum absolute atomic E-state index is 0.172. The molecule has 0 aliphatic heterocycles. The molecule has 2 aliphatic carbocycles. The van der Waals surface area contributed by atoms with E-state index in [1.54, 1.807) is 0 Å². The third-order valence-corrected chi connectivity index (χ3v) is 6.83. The molecule has 2 aliphatic rings. The van der Waals surface area contributed by atoms with Crippen LogP contribution in [0.4, 0.5) is 13.2 Å². The van der Waals surface area contributed by atoms with Gasteiger partial charge in [0, 0.05) is 0 Å². The minimum Gasteiger partial charge on any atom is -0.204 e. The van der Waals surface area contributed by atoms with Crippen LogP contribution < -0.4 is 0 Å². The minimum atomic E-state index is -1.35. The molecule has 0 unspecified atom stereocenters. The molecule has 3 rings (SSSR count). The predicted octanol–water partition coefficient (Wildman–Crippen LogP) is 7.54. The molecule has 0 radical (unpaired) electrons. The van der Waals surface area contributed by atoms with Crippen LogP contribution >= 0.6 is 0 Å². The summed E-state index contributed by atoms with van der Waals surface area (Å²) in [4.78, 5) is 0. The molecule has 0 spiro atoms. The van der Waals surface area contributed by atoms with Crippen LogP contribution in [-0.4, -0.2) is 0 Å². The number of benzene rings is 1. The number of unbranched alkanes of at least 4 members (excludes halogenated alkanes) is 1. The second-order valence-electron chi connectivity index (χ2n) is 8.41. The van der Waals surface area contributed by atoms with Crippen molar-refractivity contribution in [3.05, 3.63) is 47.8 Å². The van der Waals surface area contributed by atoms with E-state index in [0.717, 1.165) is 49.9 Å². The molecule has 0 nitrogen and oxygen atoms in total. The Bertz CT molecular complexity index is 570. The molecule has 0 N–H and O–H groups in total. The maximum atomic E-state index is 13.5. The third-order valence-electron chi connectivity index (χ3n) is 6.83. The van der Waals surface area contributed by atoms with Crippen LogP contribution in [-0.2, 0) is 0 Å². The molecule has 0 amide bonds. The summed E-state index contributed by atoms with van der Waals surface area (Å²) in [5.41, 5.74) is 0.630. The summed E-state index contributed by atoms with van der Waals surface area (Å²) >= 11 is 0. The molecular formula is C23H31F3. The highest BCUT2D eigenvalue weighted by Gasteiger charge is 2.31. The molecule has 26 heavy (non-hydrogen) atoms. The lowest BCUT2D eigenvalue weighted by Crippen LogP contribution is -2.25. The Labute approximate surface area is 155 Å². The number of halogens is 3. The number of rotatable bonds is 6. The lowest BCUT2D eigenvalue weighted by Gasteiger charge is -2.38. The topological polar surface area (TPSA) is 0 Å². The molecule has 0 bridgehead atoms. The first-order valence-corrected chi connectivity index (χ1v) is 10.3. The Balaban J connectivity index is 1.46. The van der Waals surface area contributed by atoms with Crippen LogP contribution in [0.1, 0.15) is 82.1 Å². The highest BCUT2D eigenvalue weighted by Crippen LogP contribution is 2.44. The van der Waals surface area contributed by atoms with Gasteiger partial charge in [-0.15, -0.1) is 6.58 Å². The standard InChI is InChI=1S/C23H31F3/c1-2-3-4-5-16-6-8-17(9-7-16)18-10-12-19(13-11-18)20-14-21(24)23(26)22(25)15-20/h2,14-19H,1,3-13H2. The SMILES string of the molecule is C=CCCCC1CCC(C2CCC(c3cc(F)c(F)c(F)c3)CC2)CC1. The van der Waals surface area contributed by atoms with Gasteiger partial charge in [0.25, 0.3) is 0 Å². The largest absolute Gasteiger partial charge is 0.204 e. The van der Waals surface area contributed by atoms with Crippen LogP contribution in [0.25, 0.3) is 0 Å². The van der Waals surface area contributed by atoms with Gasteiger partial charge in [-0.1, -0.05) is 25.3 Å². The van der Waals surface area contributed by atoms with Gasteiger partial charge in [0.1, 0.15) is 0 Å². The van der Waals surface area contributed by atoms with E-state index in [1.807, 2.05) is 6.08 Å². The third kappa shape index (κ3) is 4.72. The number of hydrogen-bond acceptors (Lipinski definition) is 0. The van der Waals surface area contributed by atoms with E-state index >= 15 is 0 Å². The molecule has 2 saturated carbocycles. The molecule has 144 valence electrons. The number of allylic oxidation sites excluding steroid dienone is 1. The van der Waals surface area contributed by atoms with Crippen LogP contribution in [0.3, 0.4) is 0 Å². The van der Waals surface area contributed by atoms with Gasteiger partial charge in [0.15, 0.2) is 17.5 Å². The zero-order valence-electron chi connectivity index (χ0n) is 15.7. The van der Waals surface area contributed by atoms with Crippen molar-refractivity contribution in [2.24, 2.45) is 17.8 Å². The van der Waals surface area contributed by atoms with E-state index in [0.29, 0.717) is 5.56 Å². The first kappa shape index (κ1) is 19.5. The molecule has 2 fully saturated rings. The van der Waals surface area contributed by atoms with Crippen molar-refractivity contribution in [2.75, 3.05) is 0 Å². The van der Waals surface area contributed by atoms with E-state index in [-0.39, 0.29) is 5.92 Å². The van der Waals surface area contributed by atoms with Gasteiger partial charge < -0.3 is 0 Å². The fourth-order valence-corrected chi connectivity index (χ4v) is 5.23. The fraction of sp³-hybridized carbons (Fsp3) is 0.652. The lowest BCUT2D eigenvalue weighted by molar-refractivity contribution is 0.156. The van der Waals surface area contributed by atoms with E-state index in [4.69, 9.17) is 0 Å². The van der Waals surface area contributed by atoms with Crippen molar-refractivity contribution < 1.29 is 13.2 Å². The lowest BCUT2D eigenvalue weighted by atomic mass is 9.68. The van der Waals surface area contributed by atoms with Crippen molar-refractivity contribution in [1.82, 2.24) is 0 Å². The zero-order valence-corrected chi connectivity index (χ0v) is 15.7. The average Bonchev–Trinajstić information content (AvgIpc) is 2.67. The average molecular weight is 364 g/mol. The maximum absolute atomic E-state index is 13.5. The normalized spacial score (nSPS) is 29.5. The zero-order chi connectivity index (χ0) is 18.5. The maximum Gasteiger partial charge on any atom is 0.194 e. The van der Waals surface area contributed by atoms with Crippen molar-refractivity contribution in [2.45, 2.75) is 76.5 Å². The predicted molar refractivity (Wildman–Crippen MR) is 101 cm³/mol. The van der Waals surface area contributed by atoms with Gasteiger partial charge in [-0.25, -0.2) is 13.2 Å². The Kier molecular flexibility index (Phi) is 6.83. The van der Waals surface area contributed by atoms with Crippen LogP contribution in [0.5, 0.6) is 0 Å². The van der Waals surface area contributed by atoms with Crippen LogP contribution in [0, 0.1) is 35.2 Å². The summed E-state index contributed by atoms with van der Waals surface area (Å²) < 4.78 is 40.1. The van der Waals surface area contributed by atoms with E-state index < -0.39 is 17.5 Å². The molecule has 3 heteroatoms. The summed E-state index contributed by atoms with van der Waals surface area (Å²) in [6.07, 6.45) is 15.4. The summed E-state index contributed by atoms with van der Waals surface area (Å²) in [5.74, 6) is -0.816. The first-order chi connectivity index (χ1) is 12.6. The highest BCUT2D eigenvalue weighted by molar-refractivity contribution is 5.23. The first-order valence-electron chi connectivity index (χ1n) is 10.3. The van der Waals surface area contributed by atoms with E-state index in [1.165, 1.54) is 50.7 Å². The van der Waals surface area contributed by atoms with Gasteiger partial charge in [0.2, 0.25) is 0 Å². The van der Waals surface area contributed by atoms with Gasteiger partial charge in [-0.2, -0.15) is 0 Å². The van der Waals surface area contributed by atoms with Crippen molar-refractivity contribution in [3.63, 3.8) is 0 Å². The van der Waals surface area contributed by atoms with Crippen molar-refractivity contribution in [1.29, 1.82) is 0 Å². The molecule has 0 atom stereocenters. The summed E-state index contributed by atoms with van der Waals surface area (Å²) in [5, 5.41) is 0. The Morgan fingerprint density at radius 1 is 0.846 bits per heavy atom. The van der Waals surface area contributed by atoms with E-state index in [9.17, 15) is 13.2 Å². The second kappa shape index (κ2) is 9.10. The van der Waals surface area contributed by atoms with Crippen molar-refractivity contribution in [3.8, 4) is 0 Å².